The highest BCUT2D eigenvalue weighted by atomic mass is 32.1. The summed E-state index contributed by atoms with van der Waals surface area (Å²) in [6.07, 6.45) is -0.191. The van der Waals surface area contributed by atoms with Gasteiger partial charge in [0.2, 0.25) is 0 Å². The molecule has 0 aliphatic rings. The van der Waals surface area contributed by atoms with Gasteiger partial charge in [-0.1, -0.05) is 12.1 Å². The summed E-state index contributed by atoms with van der Waals surface area (Å²) in [5, 5.41) is 0.598. The largest absolute Gasteiger partial charge is 0.454 e. The van der Waals surface area contributed by atoms with Crippen molar-refractivity contribution in [1.82, 2.24) is 15.0 Å². The van der Waals surface area contributed by atoms with E-state index in [4.69, 9.17) is 9.15 Å². The van der Waals surface area contributed by atoms with Gasteiger partial charge >= 0.3 is 5.97 Å². The van der Waals surface area contributed by atoms with Crippen molar-refractivity contribution in [3.8, 4) is 0 Å². The van der Waals surface area contributed by atoms with Gasteiger partial charge in [0.1, 0.15) is 10.3 Å². The molecule has 7 nitrogen and oxygen atoms in total. The summed E-state index contributed by atoms with van der Waals surface area (Å²) in [5.74, 6) is 0.424. The molecule has 0 unspecified atom stereocenters. The SMILES string of the molecule is Cc1sc2nc([C@@H](C)OC(=O)CCc3nc4ccccc4o3)[nH]c(=O)c2c1C. The Morgan fingerprint density at radius 1 is 1.29 bits per heavy atom. The van der Waals surface area contributed by atoms with Gasteiger partial charge in [-0.2, -0.15) is 0 Å². The van der Waals surface area contributed by atoms with E-state index in [1.807, 2.05) is 38.1 Å². The van der Waals surface area contributed by atoms with Gasteiger partial charge < -0.3 is 14.1 Å². The minimum Gasteiger partial charge on any atom is -0.454 e. The normalized spacial score (nSPS) is 12.5. The lowest BCUT2D eigenvalue weighted by atomic mass is 10.2. The van der Waals surface area contributed by atoms with Gasteiger partial charge in [-0.15, -0.1) is 11.3 Å². The molecule has 0 aliphatic heterocycles. The number of aromatic amines is 1. The maximum Gasteiger partial charge on any atom is 0.307 e. The predicted molar refractivity (Wildman–Crippen MR) is 107 cm³/mol. The maximum absolute atomic E-state index is 12.4. The quantitative estimate of drug-likeness (QED) is 0.512. The number of oxazole rings is 1. The van der Waals surface area contributed by atoms with Gasteiger partial charge in [0.25, 0.3) is 5.56 Å². The van der Waals surface area contributed by atoms with E-state index in [0.717, 1.165) is 16.0 Å². The average molecular weight is 397 g/mol. The van der Waals surface area contributed by atoms with Crippen molar-refractivity contribution >= 4 is 38.6 Å². The first-order valence-corrected chi connectivity index (χ1v) is 9.78. The van der Waals surface area contributed by atoms with E-state index in [1.54, 1.807) is 6.92 Å². The number of benzene rings is 1. The number of esters is 1. The van der Waals surface area contributed by atoms with Crippen LogP contribution in [0.15, 0.2) is 33.5 Å². The summed E-state index contributed by atoms with van der Waals surface area (Å²) in [4.78, 5) is 37.8. The Hall–Kier alpha value is -3.00. The van der Waals surface area contributed by atoms with Crippen LogP contribution < -0.4 is 5.56 Å². The summed E-state index contributed by atoms with van der Waals surface area (Å²) in [5.41, 5.74) is 2.17. The number of aromatic nitrogens is 3. The first kappa shape index (κ1) is 18.4. The summed E-state index contributed by atoms with van der Waals surface area (Å²) < 4.78 is 11.0. The number of hydrogen-bond donors (Lipinski definition) is 1. The van der Waals surface area contributed by atoms with Crippen LogP contribution >= 0.6 is 11.3 Å². The Kier molecular flexibility index (Phi) is 4.72. The predicted octanol–water partition coefficient (Wildman–Crippen LogP) is 3.98. The number of H-pyrrole nitrogens is 1. The fraction of sp³-hybridized carbons (Fsp3) is 0.300. The Balaban J connectivity index is 1.44. The Morgan fingerprint density at radius 3 is 2.86 bits per heavy atom. The lowest BCUT2D eigenvalue weighted by Crippen LogP contribution is -2.17. The summed E-state index contributed by atoms with van der Waals surface area (Å²) in [6, 6.07) is 7.44. The summed E-state index contributed by atoms with van der Waals surface area (Å²) in [6.45, 7) is 5.55. The zero-order valence-electron chi connectivity index (χ0n) is 15.7. The van der Waals surface area contributed by atoms with E-state index in [9.17, 15) is 9.59 Å². The molecule has 0 fully saturated rings. The lowest BCUT2D eigenvalue weighted by Gasteiger charge is -2.12. The van der Waals surface area contributed by atoms with Gasteiger partial charge in [-0.3, -0.25) is 9.59 Å². The van der Waals surface area contributed by atoms with E-state index >= 15 is 0 Å². The van der Waals surface area contributed by atoms with E-state index in [-0.39, 0.29) is 12.0 Å². The van der Waals surface area contributed by atoms with Gasteiger partial charge in [0.05, 0.1) is 11.8 Å². The number of hydrogen-bond acceptors (Lipinski definition) is 7. The zero-order chi connectivity index (χ0) is 19.8. The van der Waals surface area contributed by atoms with Crippen molar-refractivity contribution in [3.05, 3.63) is 56.8 Å². The second-order valence-electron chi connectivity index (χ2n) is 6.62. The molecular weight excluding hydrogens is 378 g/mol. The number of aryl methyl sites for hydroxylation is 3. The van der Waals surface area contributed by atoms with Crippen LogP contribution in [-0.2, 0) is 16.0 Å². The molecule has 3 heterocycles. The van der Waals surface area contributed by atoms with Crippen LogP contribution in [0.25, 0.3) is 21.3 Å². The maximum atomic E-state index is 12.4. The van der Waals surface area contributed by atoms with Gasteiger partial charge in [-0.05, 0) is 38.5 Å². The number of carbonyl (C=O) groups excluding carboxylic acids is 1. The molecule has 144 valence electrons. The highest BCUT2D eigenvalue weighted by Gasteiger charge is 2.18. The molecule has 0 radical (unpaired) electrons. The Labute approximate surface area is 164 Å². The van der Waals surface area contributed by atoms with Gasteiger partial charge in [-0.25, -0.2) is 9.97 Å². The van der Waals surface area contributed by atoms with Crippen molar-refractivity contribution in [3.63, 3.8) is 0 Å². The second-order valence-corrected chi connectivity index (χ2v) is 7.83. The molecule has 1 atom stereocenters. The molecule has 1 aromatic carbocycles. The monoisotopic (exact) mass is 397 g/mol. The van der Waals surface area contributed by atoms with Crippen molar-refractivity contribution in [2.45, 2.75) is 39.7 Å². The van der Waals surface area contributed by atoms with E-state index in [1.165, 1.54) is 11.3 Å². The number of ether oxygens (including phenoxy) is 1. The van der Waals surface area contributed by atoms with E-state index < -0.39 is 12.1 Å². The third-order valence-electron chi connectivity index (χ3n) is 4.63. The number of para-hydroxylation sites is 2. The first-order valence-electron chi connectivity index (χ1n) is 8.96. The molecule has 28 heavy (non-hydrogen) atoms. The topological polar surface area (TPSA) is 98.1 Å². The number of fused-ring (bicyclic) bond motifs is 2. The van der Waals surface area contributed by atoms with Gasteiger partial charge in [0.15, 0.2) is 23.4 Å². The molecule has 1 N–H and O–H groups in total. The molecular formula is C20H19N3O4S. The second kappa shape index (κ2) is 7.20. The highest BCUT2D eigenvalue weighted by Crippen LogP contribution is 2.27. The molecule has 0 spiro atoms. The van der Waals surface area contributed by atoms with Gasteiger partial charge in [0, 0.05) is 11.3 Å². The van der Waals surface area contributed by atoms with Crippen molar-refractivity contribution in [1.29, 1.82) is 0 Å². The number of nitrogens with one attached hydrogen (secondary N) is 1. The molecule has 0 aliphatic carbocycles. The third kappa shape index (κ3) is 3.43. The van der Waals surface area contributed by atoms with E-state index in [0.29, 0.717) is 33.9 Å². The standard InChI is InChI=1S/C20H19N3O4S/c1-10-12(3)28-20-17(10)19(25)22-18(23-20)11(2)26-16(24)9-8-15-21-13-6-4-5-7-14(13)27-15/h4-7,11H,8-9H2,1-3H3,(H,22,23,25)/t11-/m1/s1. The van der Waals surface area contributed by atoms with Crippen molar-refractivity contribution in [2.24, 2.45) is 0 Å². The molecule has 8 heteroatoms. The molecule has 0 saturated heterocycles. The minimum atomic E-state index is -0.657. The average Bonchev–Trinajstić information content (AvgIpc) is 3.20. The third-order valence-corrected chi connectivity index (χ3v) is 5.73. The highest BCUT2D eigenvalue weighted by molar-refractivity contribution is 7.18. The smallest absolute Gasteiger partial charge is 0.307 e. The Morgan fingerprint density at radius 2 is 2.07 bits per heavy atom. The fourth-order valence-corrected chi connectivity index (χ4v) is 4.05. The number of thiophene rings is 1. The molecule has 4 rings (SSSR count). The van der Waals surface area contributed by atoms with Crippen LogP contribution in [0.2, 0.25) is 0 Å². The number of nitrogens with zero attached hydrogens (tertiary/aromatic N) is 2. The zero-order valence-corrected chi connectivity index (χ0v) is 16.6. The molecule has 4 aromatic rings. The molecule has 0 bridgehead atoms. The van der Waals surface area contributed by atoms with Crippen LogP contribution in [0.1, 0.15) is 41.6 Å². The summed E-state index contributed by atoms with van der Waals surface area (Å²) >= 11 is 1.46. The molecule has 0 amide bonds. The fourth-order valence-electron chi connectivity index (χ4n) is 3.01. The molecule has 3 aromatic heterocycles. The van der Waals surface area contributed by atoms with E-state index in [2.05, 4.69) is 15.0 Å². The van der Waals surface area contributed by atoms with Crippen LogP contribution in [0.5, 0.6) is 0 Å². The van der Waals surface area contributed by atoms with Crippen LogP contribution in [0, 0.1) is 13.8 Å². The Bertz CT molecular complexity index is 1200. The van der Waals surface area contributed by atoms with Crippen molar-refractivity contribution in [2.75, 3.05) is 0 Å². The lowest BCUT2D eigenvalue weighted by molar-refractivity contribution is -0.149. The minimum absolute atomic E-state index is 0.126. The molecule has 0 saturated carbocycles. The number of rotatable bonds is 5. The first-order chi connectivity index (χ1) is 13.4. The number of carbonyl (C=O) groups is 1. The van der Waals surface area contributed by atoms with Crippen LogP contribution in [0.3, 0.4) is 0 Å². The summed E-state index contributed by atoms with van der Waals surface area (Å²) in [7, 11) is 0. The van der Waals surface area contributed by atoms with Crippen molar-refractivity contribution < 1.29 is 13.9 Å². The van der Waals surface area contributed by atoms with Crippen LogP contribution in [-0.4, -0.2) is 20.9 Å². The van der Waals surface area contributed by atoms with Crippen LogP contribution in [0.4, 0.5) is 0 Å².